The zero-order chi connectivity index (χ0) is 13.1. The number of halogens is 1. The first kappa shape index (κ1) is 12.0. The van der Waals surface area contributed by atoms with Crippen molar-refractivity contribution in [2.45, 2.75) is 6.92 Å². The van der Waals surface area contributed by atoms with Crippen LogP contribution in [0.4, 0.5) is 4.39 Å². The second-order valence-electron chi connectivity index (χ2n) is 3.72. The molecule has 2 aromatic rings. The van der Waals surface area contributed by atoms with E-state index in [2.05, 4.69) is 4.98 Å². The topological polar surface area (TPSA) is 59.4 Å². The van der Waals surface area contributed by atoms with E-state index in [9.17, 15) is 9.18 Å². The number of pyridine rings is 1. The fourth-order valence-corrected chi connectivity index (χ4v) is 1.40. The van der Waals surface area contributed by atoms with Gasteiger partial charge < -0.3 is 9.84 Å². The Balaban J connectivity index is 2.31. The molecule has 1 aromatic heterocycles. The van der Waals surface area contributed by atoms with E-state index >= 15 is 0 Å². The Morgan fingerprint density at radius 3 is 2.83 bits per heavy atom. The minimum Gasteiger partial charge on any atom is -0.478 e. The van der Waals surface area contributed by atoms with Crippen molar-refractivity contribution in [2.75, 3.05) is 0 Å². The second kappa shape index (κ2) is 4.83. The molecule has 18 heavy (non-hydrogen) atoms. The van der Waals surface area contributed by atoms with E-state index in [-0.39, 0.29) is 17.2 Å². The third kappa shape index (κ3) is 2.63. The first-order chi connectivity index (χ1) is 8.56. The molecule has 0 spiro atoms. The third-order valence-electron chi connectivity index (χ3n) is 2.28. The fourth-order valence-electron chi connectivity index (χ4n) is 1.40. The van der Waals surface area contributed by atoms with Gasteiger partial charge in [0.1, 0.15) is 0 Å². The molecule has 2 rings (SSSR count). The molecule has 1 aromatic carbocycles. The van der Waals surface area contributed by atoms with Gasteiger partial charge in [-0.25, -0.2) is 14.2 Å². The summed E-state index contributed by atoms with van der Waals surface area (Å²) >= 11 is 0. The molecule has 0 aliphatic rings. The summed E-state index contributed by atoms with van der Waals surface area (Å²) < 4.78 is 18.7. The van der Waals surface area contributed by atoms with Gasteiger partial charge in [-0.05, 0) is 30.7 Å². The number of aromatic nitrogens is 1. The Morgan fingerprint density at radius 2 is 2.11 bits per heavy atom. The zero-order valence-corrected chi connectivity index (χ0v) is 9.55. The molecule has 1 N–H and O–H groups in total. The van der Waals surface area contributed by atoms with Gasteiger partial charge in [0.25, 0.3) is 0 Å². The molecule has 0 bridgehead atoms. The number of aryl methyl sites for hydroxylation is 1. The van der Waals surface area contributed by atoms with Gasteiger partial charge in [0.2, 0.25) is 5.88 Å². The maximum atomic E-state index is 13.4. The quantitative estimate of drug-likeness (QED) is 0.905. The number of hydrogen-bond donors (Lipinski definition) is 1. The van der Waals surface area contributed by atoms with E-state index in [0.29, 0.717) is 0 Å². The molecule has 0 aliphatic carbocycles. The maximum Gasteiger partial charge on any atom is 0.335 e. The van der Waals surface area contributed by atoms with Crippen molar-refractivity contribution in [2.24, 2.45) is 0 Å². The summed E-state index contributed by atoms with van der Waals surface area (Å²) in [4.78, 5) is 14.6. The van der Waals surface area contributed by atoms with E-state index in [4.69, 9.17) is 9.84 Å². The molecule has 0 amide bonds. The number of rotatable bonds is 3. The molecule has 0 saturated heterocycles. The molecular weight excluding hydrogens is 237 g/mol. The van der Waals surface area contributed by atoms with Crippen LogP contribution >= 0.6 is 0 Å². The van der Waals surface area contributed by atoms with Gasteiger partial charge in [-0.2, -0.15) is 0 Å². The summed E-state index contributed by atoms with van der Waals surface area (Å²) in [6.07, 6.45) is 1.30. The van der Waals surface area contributed by atoms with Gasteiger partial charge in [0.05, 0.1) is 5.56 Å². The lowest BCUT2D eigenvalue weighted by atomic mass is 10.2. The Labute approximate surface area is 103 Å². The van der Waals surface area contributed by atoms with Gasteiger partial charge in [0.15, 0.2) is 11.6 Å². The number of benzene rings is 1. The van der Waals surface area contributed by atoms with Crippen molar-refractivity contribution in [1.29, 1.82) is 0 Å². The highest BCUT2D eigenvalue weighted by atomic mass is 19.1. The standard InChI is InChI=1S/C13H10FNO3/c1-8-2-3-10(14)11(6-8)18-12-7-9(13(16)17)4-5-15-12/h2-7H,1H3,(H,16,17). The molecule has 0 aliphatic heterocycles. The summed E-state index contributed by atoms with van der Waals surface area (Å²) in [5.41, 5.74) is 0.869. The van der Waals surface area contributed by atoms with Crippen molar-refractivity contribution >= 4 is 5.97 Å². The van der Waals surface area contributed by atoms with Gasteiger partial charge in [0, 0.05) is 12.3 Å². The van der Waals surface area contributed by atoms with E-state index in [1.54, 1.807) is 13.0 Å². The molecule has 0 atom stereocenters. The summed E-state index contributed by atoms with van der Waals surface area (Å²) in [5.74, 6) is -1.56. The molecule has 4 nitrogen and oxygen atoms in total. The van der Waals surface area contributed by atoms with Crippen molar-refractivity contribution in [3.63, 3.8) is 0 Å². The molecule has 92 valence electrons. The minimum atomic E-state index is -1.09. The maximum absolute atomic E-state index is 13.4. The van der Waals surface area contributed by atoms with Crippen LogP contribution in [-0.4, -0.2) is 16.1 Å². The van der Waals surface area contributed by atoms with E-state index < -0.39 is 11.8 Å². The van der Waals surface area contributed by atoms with Gasteiger partial charge in [-0.1, -0.05) is 6.07 Å². The van der Waals surface area contributed by atoms with Crippen LogP contribution in [0.15, 0.2) is 36.5 Å². The Kier molecular flexibility index (Phi) is 3.23. The molecular formula is C13H10FNO3. The van der Waals surface area contributed by atoms with E-state index in [1.807, 2.05) is 0 Å². The predicted molar refractivity (Wildman–Crippen MR) is 62.4 cm³/mol. The zero-order valence-electron chi connectivity index (χ0n) is 9.55. The van der Waals surface area contributed by atoms with Crippen LogP contribution in [0.2, 0.25) is 0 Å². The Morgan fingerprint density at radius 1 is 1.33 bits per heavy atom. The Hall–Kier alpha value is -2.43. The average Bonchev–Trinajstić information content (AvgIpc) is 2.34. The van der Waals surface area contributed by atoms with Gasteiger partial charge in [-0.3, -0.25) is 0 Å². The first-order valence-corrected chi connectivity index (χ1v) is 5.19. The lowest BCUT2D eigenvalue weighted by Gasteiger charge is -2.07. The highest BCUT2D eigenvalue weighted by molar-refractivity contribution is 5.87. The van der Waals surface area contributed by atoms with Crippen LogP contribution in [-0.2, 0) is 0 Å². The van der Waals surface area contributed by atoms with Crippen LogP contribution < -0.4 is 4.74 Å². The first-order valence-electron chi connectivity index (χ1n) is 5.19. The molecule has 0 unspecified atom stereocenters. The molecule has 0 fully saturated rings. The highest BCUT2D eigenvalue weighted by Crippen LogP contribution is 2.24. The average molecular weight is 247 g/mol. The predicted octanol–water partition coefficient (Wildman–Crippen LogP) is 3.02. The lowest BCUT2D eigenvalue weighted by molar-refractivity contribution is 0.0696. The van der Waals surface area contributed by atoms with Crippen LogP contribution in [0.3, 0.4) is 0 Å². The minimum absolute atomic E-state index is 0.0186. The monoisotopic (exact) mass is 247 g/mol. The lowest BCUT2D eigenvalue weighted by Crippen LogP contribution is -1.98. The summed E-state index contributed by atoms with van der Waals surface area (Å²) in [7, 11) is 0. The number of carbonyl (C=O) groups is 1. The number of carboxylic acid groups (broad SMARTS) is 1. The van der Waals surface area contributed by atoms with Crippen LogP contribution in [0.1, 0.15) is 15.9 Å². The normalized spacial score (nSPS) is 10.1. The molecule has 5 heteroatoms. The molecule has 0 radical (unpaired) electrons. The third-order valence-corrected chi connectivity index (χ3v) is 2.28. The number of nitrogens with zero attached hydrogens (tertiary/aromatic N) is 1. The van der Waals surface area contributed by atoms with Crippen LogP contribution in [0, 0.1) is 12.7 Å². The van der Waals surface area contributed by atoms with Crippen molar-refractivity contribution in [3.8, 4) is 11.6 Å². The number of hydrogen-bond acceptors (Lipinski definition) is 3. The summed E-state index contributed by atoms with van der Waals surface area (Å²) in [6, 6.07) is 6.99. The molecule has 1 heterocycles. The summed E-state index contributed by atoms with van der Waals surface area (Å²) in [6.45, 7) is 1.80. The highest BCUT2D eigenvalue weighted by Gasteiger charge is 2.08. The Bertz CT molecular complexity index is 599. The number of ether oxygens (including phenoxy) is 1. The van der Waals surface area contributed by atoms with Gasteiger partial charge in [-0.15, -0.1) is 0 Å². The SMILES string of the molecule is Cc1ccc(F)c(Oc2cc(C(=O)O)ccn2)c1. The summed E-state index contributed by atoms with van der Waals surface area (Å²) in [5, 5.41) is 8.82. The van der Waals surface area contributed by atoms with Gasteiger partial charge >= 0.3 is 5.97 Å². The number of aromatic carboxylic acids is 1. The number of carboxylic acids is 1. The van der Waals surface area contributed by atoms with Crippen molar-refractivity contribution in [1.82, 2.24) is 4.98 Å². The van der Waals surface area contributed by atoms with Crippen molar-refractivity contribution in [3.05, 3.63) is 53.5 Å². The van der Waals surface area contributed by atoms with E-state index in [0.717, 1.165) is 5.56 Å². The van der Waals surface area contributed by atoms with Crippen LogP contribution in [0.25, 0.3) is 0 Å². The van der Waals surface area contributed by atoms with Crippen LogP contribution in [0.5, 0.6) is 11.6 Å². The fraction of sp³-hybridized carbons (Fsp3) is 0.0769. The smallest absolute Gasteiger partial charge is 0.335 e. The molecule has 0 saturated carbocycles. The van der Waals surface area contributed by atoms with E-state index in [1.165, 1.54) is 30.5 Å². The second-order valence-corrected chi connectivity index (χ2v) is 3.72. The largest absolute Gasteiger partial charge is 0.478 e. The van der Waals surface area contributed by atoms with Crippen molar-refractivity contribution < 1.29 is 19.0 Å².